The molecule has 0 aromatic rings. The van der Waals surface area contributed by atoms with E-state index in [0.717, 1.165) is 38.9 Å². The Labute approximate surface area is 75.2 Å². The van der Waals surface area contributed by atoms with Crippen LogP contribution in [0.25, 0.3) is 0 Å². The molecule has 0 unspecified atom stereocenters. The third-order valence-electron chi connectivity index (χ3n) is 2.25. The van der Waals surface area contributed by atoms with Gasteiger partial charge >= 0.3 is 0 Å². The van der Waals surface area contributed by atoms with Gasteiger partial charge < -0.3 is 9.47 Å². The molecule has 0 aromatic carbocycles. The fourth-order valence-electron chi connectivity index (χ4n) is 1.37. The van der Waals surface area contributed by atoms with Crippen molar-refractivity contribution < 1.29 is 9.47 Å². The van der Waals surface area contributed by atoms with Gasteiger partial charge in [-0.2, -0.15) is 0 Å². The summed E-state index contributed by atoms with van der Waals surface area (Å²) in [4.78, 5) is 0. The lowest BCUT2D eigenvalue weighted by atomic mass is 9.91. The molecular weight excluding hydrogens is 152 g/mol. The summed E-state index contributed by atoms with van der Waals surface area (Å²) in [5.41, 5.74) is 0. The highest BCUT2D eigenvalue weighted by atomic mass is 16.7. The summed E-state index contributed by atoms with van der Waals surface area (Å²) in [6.07, 6.45) is 5.60. The smallest absolute Gasteiger partial charge is 0.168 e. The van der Waals surface area contributed by atoms with E-state index in [0.29, 0.717) is 0 Å². The summed E-state index contributed by atoms with van der Waals surface area (Å²) in [5.74, 6) is -0.175. The van der Waals surface area contributed by atoms with Crippen molar-refractivity contribution in [2.24, 2.45) is 0 Å². The minimum atomic E-state index is -0.175. The van der Waals surface area contributed by atoms with Crippen molar-refractivity contribution in [3.05, 3.63) is 0 Å². The summed E-state index contributed by atoms with van der Waals surface area (Å²) >= 11 is 0. The highest BCUT2D eigenvalue weighted by Crippen LogP contribution is 2.36. The Morgan fingerprint density at radius 1 is 1.00 bits per heavy atom. The molecule has 0 aromatic heterocycles. The van der Waals surface area contributed by atoms with E-state index in [1.54, 1.807) is 0 Å². The third kappa shape index (κ3) is 2.46. The third-order valence-corrected chi connectivity index (χ3v) is 2.25. The summed E-state index contributed by atoms with van der Waals surface area (Å²) < 4.78 is 11.4. The molecule has 0 aliphatic heterocycles. The summed E-state index contributed by atoms with van der Waals surface area (Å²) in [5, 5.41) is 0. The van der Waals surface area contributed by atoms with Crippen LogP contribution in [0.3, 0.4) is 0 Å². The van der Waals surface area contributed by atoms with E-state index in [-0.39, 0.29) is 5.79 Å². The number of ether oxygens (including phenoxy) is 2. The molecule has 2 nitrogen and oxygen atoms in total. The molecule has 0 atom stereocenters. The van der Waals surface area contributed by atoms with Crippen molar-refractivity contribution in [3.8, 4) is 0 Å². The van der Waals surface area contributed by atoms with Crippen molar-refractivity contribution in [3.63, 3.8) is 0 Å². The average molecular weight is 172 g/mol. The zero-order chi connectivity index (χ0) is 8.86. The summed E-state index contributed by atoms with van der Waals surface area (Å²) in [6.45, 7) is 5.94. The van der Waals surface area contributed by atoms with E-state index in [9.17, 15) is 0 Å². The molecule has 72 valence electrons. The van der Waals surface area contributed by atoms with Crippen molar-refractivity contribution in [2.45, 2.75) is 51.7 Å². The first-order chi connectivity index (χ1) is 5.83. The Kier molecular flexibility index (Phi) is 4.02. The van der Waals surface area contributed by atoms with Crippen LogP contribution >= 0.6 is 0 Å². The molecule has 12 heavy (non-hydrogen) atoms. The fourth-order valence-corrected chi connectivity index (χ4v) is 1.37. The van der Waals surface area contributed by atoms with Gasteiger partial charge in [0.2, 0.25) is 0 Å². The molecule has 0 radical (unpaired) electrons. The minimum absolute atomic E-state index is 0.175. The molecule has 0 bridgehead atoms. The van der Waals surface area contributed by atoms with Crippen LogP contribution in [0.5, 0.6) is 0 Å². The predicted molar refractivity (Wildman–Crippen MR) is 49.1 cm³/mol. The van der Waals surface area contributed by atoms with Crippen molar-refractivity contribution in [2.75, 3.05) is 13.2 Å². The van der Waals surface area contributed by atoms with E-state index in [1.807, 2.05) is 0 Å². The Morgan fingerprint density at radius 3 is 1.75 bits per heavy atom. The van der Waals surface area contributed by atoms with Crippen molar-refractivity contribution in [1.82, 2.24) is 0 Å². The largest absolute Gasteiger partial charge is 0.350 e. The van der Waals surface area contributed by atoms with Gasteiger partial charge in [0.15, 0.2) is 5.79 Å². The molecule has 1 fully saturated rings. The van der Waals surface area contributed by atoms with Gasteiger partial charge in [0, 0.05) is 26.1 Å². The molecule has 2 heteroatoms. The molecule has 0 spiro atoms. The number of hydrogen-bond donors (Lipinski definition) is 0. The van der Waals surface area contributed by atoms with Gasteiger partial charge in [0.1, 0.15) is 0 Å². The highest BCUT2D eigenvalue weighted by Gasteiger charge is 2.38. The van der Waals surface area contributed by atoms with Crippen molar-refractivity contribution in [1.29, 1.82) is 0 Å². The van der Waals surface area contributed by atoms with Crippen molar-refractivity contribution >= 4 is 0 Å². The lowest BCUT2D eigenvalue weighted by Gasteiger charge is -2.41. The highest BCUT2D eigenvalue weighted by molar-refractivity contribution is 4.80. The van der Waals surface area contributed by atoms with Crippen LogP contribution in [0.2, 0.25) is 0 Å². The summed E-state index contributed by atoms with van der Waals surface area (Å²) in [7, 11) is 0. The fraction of sp³-hybridized carbons (Fsp3) is 1.00. The van der Waals surface area contributed by atoms with E-state index >= 15 is 0 Å². The van der Waals surface area contributed by atoms with Gasteiger partial charge in [-0.1, -0.05) is 13.8 Å². The zero-order valence-electron chi connectivity index (χ0n) is 8.27. The van der Waals surface area contributed by atoms with Crippen LogP contribution in [0.1, 0.15) is 46.0 Å². The Balaban J connectivity index is 2.19. The number of rotatable bonds is 6. The first-order valence-corrected chi connectivity index (χ1v) is 5.11. The zero-order valence-corrected chi connectivity index (χ0v) is 8.27. The lowest BCUT2D eigenvalue weighted by molar-refractivity contribution is -0.277. The molecule has 0 amide bonds. The van der Waals surface area contributed by atoms with Gasteiger partial charge in [-0.15, -0.1) is 0 Å². The van der Waals surface area contributed by atoms with E-state index < -0.39 is 0 Å². The van der Waals surface area contributed by atoms with Crippen LogP contribution in [0, 0.1) is 0 Å². The maximum absolute atomic E-state index is 5.69. The molecule has 0 saturated heterocycles. The van der Waals surface area contributed by atoms with Crippen LogP contribution in [0.15, 0.2) is 0 Å². The topological polar surface area (TPSA) is 18.5 Å². The van der Waals surface area contributed by atoms with Crippen LogP contribution in [-0.4, -0.2) is 19.0 Å². The Bertz CT molecular complexity index is 109. The molecule has 1 saturated carbocycles. The summed E-state index contributed by atoms with van der Waals surface area (Å²) in [6, 6.07) is 0. The van der Waals surface area contributed by atoms with Crippen LogP contribution < -0.4 is 0 Å². The van der Waals surface area contributed by atoms with Gasteiger partial charge in [0.25, 0.3) is 0 Å². The SMILES string of the molecule is CCCOC1(OCCC)CCC1. The molecule has 0 N–H and O–H groups in total. The monoisotopic (exact) mass is 172 g/mol. The number of hydrogen-bond acceptors (Lipinski definition) is 2. The quantitative estimate of drug-likeness (QED) is 0.573. The van der Waals surface area contributed by atoms with Crippen LogP contribution in [0.4, 0.5) is 0 Å². The first kappa shape index (κ1) is 10.0. The normalized spacial score (nSPS) is 20.5. The Hall–Kier alpha value is -0.0800. The maximum Gasteiger partial charge on any atom is 0.168 e. The van der Waals surface area contributed by atoms with Gasteiger partial charge in [-0.3, -0.25) is 0 Å². The lowest BCUT2D eigenvalue weighted by Crippen LogP contribution is -2.43. The molecule has 0 heterocycles. The second kappa shape index (κ2) is 4.83. The molecule has 1 rings (SSSR count). The van der Waals surface area contributed by atoms with Gasteiger partial charge in [-0.05, 0) is 19.3 Å². The van der Waals surface area contributed by atoms with E-state index in [1.165, 1.54) is 6.42 Å². The minimum Gasteiger partial charge on any atom is -0.350 e. The van der Waals surface area contributed by atoms with Gasteiger partial charge in [0.05, 0.1) is 0 Å². The van der Waals surface area contributed by atoms with Gasteiger partial charge in [-0.25, -0.2) is 0 Å². The van der Waals surface area contributed by atoms with Crippen LogP contribution in [-0.2, 0) is 9.47 Å². The molecular formula is C10H20O2. The van der Waals surface area contributed by atoms with E-state index in [2.05, 4.69) is 13.8 Å². The first-order valence-electron chi connectivity index (χ1n) is 5.11. The van der Waals surface area contributed by atoms with E-state index in [4.69, 9.17) is 9.47 Å². The standard InChI is InChI=1S/C10H20O2/c1-3-8-11-10(6-5-7-10)12-9-4-2/h3-9H2,1-2H3. The maximum atomic E-state index is 5.69. The second-order valence-corrected chi connectivity index (χ2v) is 3.46. The second-order valence-electron chi connectivity index (χ2n) is 3.46. The Morgan fingerprint density at radius 2 is 1.50 bits per heavy atom. The molecule has 1 aliphatic rings. The molecule has 1 aliphatic carbocycles. The predicted octanol–water partition coefficient (Wildman–Crippen LogP) is 2.72. The average Bonchev–Trinajstić information content (AvgIpc) is 2.02.